The molecule has 0 aromatic carbocycles. The van der Waals surface area contributed by atoms with Gasteiger partial charge in [0, 0.05) is 26.2 Å². The summed E-state index contributed by atoms with van der Waals surface area (Å²) in [6, 6.07) is -1.37. The SMILES string of the molecule is CC(C)CC(NC(=O)N1CCN2C(=O)NCC2C1)C(=O)O. The molecule has 0 saturated carbocycles. The predicted octanol–water partition coefficient (Wildman–Crippen LogP) is -0.0953. The highest BCUT2D eigenvalue weighted by atomic mass is 16.4. The molecule has 2 rings (SSSR count). The van der Waals surface area contributed by atoms with Crippen LogP contribution in [0, 0.1) is 5.92 Å². The van der Waals surface area contributed by atoms with Crippen molar-refractivity contribution in [2.75, 3.05) is 26.2 Å². The minimum atomic E-state index is -1.02. The molecule has 0 radical (unpaired) electrons. The molecule has 2 atom stereocenters. The van der Waals surface area contributed by atoms with Gasteiger partial charge in [-0.2, -0.15) is 0 Å². The largest absolute Gasteiger partial charge is 0.480 e. The second-order valence-corrected chi connectivity index (χ2v) is 5.95. The van der Waals surface area contributed by atoms with Gasteiger partial charge in [-0.15, -0.1) is 0 Å². The standard InChI is InChI=1S/C13H22N4O4/c1-8(2)5-10(11(18)19)15-13(21)16-3-4-17-9(7-16)6-14-12(17)20/h8-10H,3-7H2,1-2H3,(H,14,20)(H,15,21)(H,18,19). The Bertz CT molecular complexity index is 440. The summed E-state index contributed by atoms with van der Waals surface area (Å²) in [6.07, 6.45) is 0.393. The molecule has 21 heavy (non-hydrogen) atoms. The fourth-order valence-corrected chi connectivity index (χ4v) is 2.72. The van der Waals surface area contributed by atoms with Gasteiger partial charge in [0.05, 0.1) is 6.04 Å². The number of nitrogens with one attached hydrogen (secondary N) is 2. The van der Waals surface area contributed by atoms with Gasteiger partial charge in [-0.25, -0.2) is 14.4 Å². The zero-order chi connectivity index (χ0) is 15.6. The summed E-state index contributed by atoms with van der Waals surface area (Å²) in [5.41, 5.74) is 0. The van der Waals surface area contributed by atoms with Crippen LogP contribution in [-0.2, 0) is 4.79 Å². The molecule has 4 amide bonds. The maximum absolute atomic E-state index is 12.2. The fraction of sp³-hybridized carbons (Fsp3) is 0.769. The highest BCUT2D eigenvalue weighted by molar-refractivity contribution is 5.83. The highest BCUT2D eigenvalue weighted by Crippen LogP contribution is 2.14. The fourth-order valence-electron chi connectivity index (χ4n) is 2.72. The second kappa shape index (κ2) is 6.19. The topological polar surface area (TPSA) is 102 Å². The van der Waals surface area contributed by atoms with Crippen LogP contribution in [0.5, 0.6) is 0 Å². The first kappa shape index (κ1) is 15.4. The highest BCUT2D eigenvalue weighted by Gasteiger charge is 2.37. The van der Waals surface area contributed by atoms with Gasteiger partial charge in [0.1, 0.15) is 6.04 Å². The van der Waals surface area contributed by atoms with Gasteiger partial charge < -0.3 is 25.5 Å². The molecule has 2 aliphatic rings. The van der Waals surface area contributed by atoms with Crippen LogP contribution >= 0.6 is 0 Å². The molecule has 0 aliphatic carbocycles. The van der Waals surface area contributed by atoms with Crippen LogP contribution in [0.4, 0.5) is 9.59 Å². The van der Waals surface area contributed by atoms with Gasteiger partial charge in [0.2, 0.25) is 0 Å². The van der Waals surface area contributed by atoms with E-state index < -0.39 is 12.0 Å². The number of nitrogens with zero attached hydrogens (tertiary/aromatic N) is 2. The minimum Gasteiger partial charge on any atom is -0.480 e. The number of carboxylic acid groups (broad SMARTS) is 1. The van der Waals surface area contributed by atoms with Crippen molar-refractivity contribution in [1.82, 2.24) is 20.4 Å². The first-order chi connectivity index (χ1) is 9.88. The Kier molecular flexibility index (Phi) is 4.54. The molecule has 0 spiro atoms. The van der Waals surface area contributed by atoms with E-state index in [1.54, 1.807) is 9.80 Å². The van der Waals surface area contributed by atoms with Crippen molar-refractivity contribution in [3.63, 3.8) is 0 Å². The maximum Gasteiger partial charge on any atom is 0.326 e. The average molecular weight is 298 g/mol. The number of carbonyl (C=O) groups is 3. The number of urea groups is 2. The minimum absolute atomic E-state index is 0.0228. The van der Waals surface area contributed by atoms with E-state index >= 15 is 0 Å². The lowest BCUT2D eigenvalue weighted by Crippen LogP contribution is -2.57. The Morgan fingerprint density at radius 1 is 1.43 bits per heavy atom. The zero-order valence-corrected chi connectivity index (χ0v) is 12.3. The van der Waals surface area contributed by atoms with Crippen molar-refractivity contribution in [2.24, 2.45) is 5.92 Å². The molecular formula is C13H22N4O4. The molecule has 2 heterocycles. The molecule has 3 N–H and O–H groups in total. The Hall–Kier alpha value is -1.99. The van der Waals surface area contributed by atoms with Crippen molar-refractivity contribution >= 4 is 18.0 Å². The van der Waals surface area contributed by atoms with Crippen molar-refractivity contribution < 1.29 is 19.5 Å². The van der Waals surface area contributed by atoms with Crippen molar-refractivity contribution in [1.29, 1.82) is 0 Å². The normalized spacial score (nSPS) is 22.8. The van der Waals surface area contributed by atoms with Crippen LogP contribution in [0.3, 0.4) is 0 Å². The van der Waals surface area contributed by atoms with E-state index in [4.69, 9.17) is 5.11 Å². The summed E-state index contributed by atoms with van der Waals surface area (Å²) in [4.78, 5) is 38.2. The van der Waals surface area contributed by atoms with E-state index in [2.05, 4.69) is 10.6 Å². The summed E-state index contributed by atoms with van der Waals surface area (Å²) >= 11 is 0. The summed E-state index contributed by atoms with van der Waals surface area (Å²) in [7, 11) is 0. The van der Waals surface area contributed by atoms with Gasteiger partial charge in [-0.05, 0) is 12.3 Å². The smallest absolute Gasteiger partial charge is 0.326 e. The number of carboxylic acids is 1. The summed E-state index contributed by atoms with van der Waals surface area (Å²) in [5.74, 6) is -0.840. The second-order valence-electron chi connectivity index (χ2n) is 5.95. The maximum atomic E-state index is 12.2. The van der Waals surface area contributed by atoms with Crippen LogP contribution in [0.15, 0.2) is 0 Å². The number of piperazine rings is 1. The van der Waals surface area contributed by atoms with Gasteiger partial charge in [-0.1, -0.05) is 13.8 Å². The number of hydrogen-bond donors (Lipinski definition) is 3. The Balaban J connectivity index is 1.91. The van der Waals surface area contributed by atoms with Crippen molar-refractivity contribution in [3.05, 3.63) is 0 Å². The number of rotatable bonds is 4. The lowest BCUT2D eigenvalue weighted by atomic mass is 10.0. The number of aliphatic carboxylic acids is 1. The average Bonchev–Trinajstić information content (AvgIpc) is 2.78. The van der Waals surface area contributed by atoms with E-state index in [0.717, 1.165) is 0 Å². The molecular weight excluding hydrogens is 276 g/mol. The first-order valence-electron chi connectivity index (χ1n) is 7.21. The third kappa shape index (κ3) is 3.56. The quantitative estimate of drug-likeness (QED) is 0.674. The first-order valence-corrected chi connectivity index (χ1v) is 7.21. The molecule has 8 nitrogen and oxygen atoms in total. The number of hydrogen-bond acceptors (Lipinski definition) is 3. The van der Waals surface area contributed by atoms with Crippen LogP contribution < -0.4 is 10.6 Å². The monoisotopic (exact) mass is 298 g/mol. The third-order valence-corrected chi connectivity index (χ3v) is 3.82. The number of carbonyl (C=O) groups excluding carboxylic acids is 2. The molecule has 8 heteroatoms. The summed E-state index contributed by atoms with van der Waals surface area (Å²) in [6.45, 7) is 5.68. The van der Waals surface area contributed by atoms with E-state index in [1.807, 2.05) is 13.8 Å². The lowest BCUT2D eigenvalue weighted by Gasteiger charge is -2.36. The van der Waals surface area contributed by atoms with Gasteiger partial charge in [0.25, 0.3) is 0 Å². The van der Waals surface area contributed by atoms with Gasteiger partial charge in [0.15, 0.2) is 0 Å². The molecule has 0 aromatic rings. The molecule has 0 bridgehead atoms. The third-order valence-electron chi connectivity index (χ3n) is 3.82. The molecule has 2 aliphatic heterocycles. The molecule has 0 aromatic heterocycles. The van der Waals surface area contributed by atoms with Gasteiger partial charge in [-0.3, -0.25) is 0 Å². The summed E-state index contributed by atoms with van der Waals surface area (Å²) < 4.78 is 0. The Morgan fingerprint density at radius 2 is 2.14 bits per heavy atom. The summed E-state index contributed by atoms with van der Waals surface area (Å²) in [5, 5.41) is 14.5. The van der Waals surface area contributed by atoms with E-state index in [1.165, 1.54) is 0 Å². The Morgan fingerprint density at radius 3 is 2.76 bits per heavy atom. The van der Waals surface area contributed by atoms with Crippen molar-refractivity contribution in [2.45, 2.75) is 32.4 Å². The van der Waals surface area contributed by atoms with Crippen LogP contribution in [0.25, 0.3) is 0 Å². The Labute approximate surface area is 123 Å². The molecule has 2 fully saturated rings. The predicted molar refractivity (Wildman–Crippen MR) is 74.9 cm³/mol. The number of amides is 4. The van der Waals surface area contributed by atoms with Crippen molar-refractivity contribution in [3.8, 4) is 0 Å². The molecule has 2 unspecified atom stereocenters. The molecule has 2 saturated heterocycles. The lowest BCUT2D eigenvalue weighted by molar-refractivity contribution is -0.139. The van der Waals surface area contributed by atoms with E-state index in [0.29, 0.717) is 32.6 Å². The number of fused-ring (bicyclic) bond motifs is 1. The zero-order valence-electron chi connectivity index (χ0n) is 12.3. The van der Waals surface area contributed by atoms with Crippen LogP contribution in [0.1, 0.15) is 20.3 Å². The molecule has 118 valence electrons. The van der Waals surface area contributed by atoms with E-state index in [9.17, 15) is 14.4 Å². The van der Waals surface area contributed by atoms with Crippen LogP contribution in [0.2, 0.25) is 0 Å². The van der Waals surface area contributed by atoms with E-state index in [-0.39, 0.29) is 24.0 Å². The van der Waals surface area contributed by atoms with Crippen LogP contribution in [-0.4, -0.2) is 71.2 Å². The van der Waals surface area contributed by atoms with Gasteiger partial charge >= 0.3 is 18.0 Å².